The fourth-order valence-corrected chi connectivity index (χ4v) is 2.96. The van der Waals surface area contributed by atoms with Crippen LogP contribution in [0.25, 0.3) is 0 Å². The molecule has 2 aromatic carbocycles. The molecule has 0 bridgehead atoms. The van der Waals surface area contributed by atoms with E-state index in [4.69, 9.17) is 4.74 Å². The Morgan fingerprint density at radius 3 is 2.73 bits per heavy atom. The zero-order chi connectivity index (χ0) is 15.7. The zero-order valence-corrected chi connectivity index (χ0v) is 13.3. The van der Waals surface area contributed by atoms with Crippen LogP contribution in [0.5, 0.6) is 5.75 Å². The topological polar surface area (TPSA) is 29.5 Å². The second-order valence-corrected chi connectivity index (χ2v) is 5.98. The van der Waals surface area contributed by atoms with Gasteiger partial charge in [-0.25, -0.2) is 0 Å². The molecule has 3 rings (SSSR count). The molecule has 2 aromatic rings. The summed E-state index contributed by atoms with van der Waals surface area (Å²) in [6.45, 7) is 6.25. The third kappa shape index (κ3) is 2.71. The van der Waals surface area contributed by atoms with Crippen LogP contribution in [0.15, 0.2) is 42.5 Å². The molecule has 0 saturated carbocycles. The lowest BCUT2D eigenvalue weighted by molar-refractivity contribution is -0.120. The fourth-order valence-electron chi connectivity index (χ4n) is 2.96. The van der Waals surface area contributed by atoms with Crippen molar-refractivity contribution in [1.82, 2.24) is 0 Å². The van der Waals surface area contributed by atoms with Gasteiger partial charge < -0.3 is 9.64 Å². The van der Waals surface area contributed by atoms with Crippen LogP contribution < -0.4 is 9.64 Å². The van der Waals surface area contributed by atoms with Crippen LogP contribution in [0.3, 0.4) is 0 Å². The van der Waals surface area contributed by atoms with Crippen molar-refractivity contribution < 1.29 is 9.53 Å². The second kappa shape index (κ2) is 5.84. The molecule has 0 saturated heterocycles. The van der Waals surface area contributed by atoms with Crippen molar-refractivity contribution >= 4 is 11.6 Å². The van der Waals surface area contributed by atoms with E-state index in [1.165, 1.54) is 16.7 Å². The van der Waals surface area contributed by atoms with Crippen molar-refractivity contribution in [1.29, 1.82) is 0 Å². The first kappa shape index (κ1) is 14.6. The lowest BCUT2D eigenvalue weighted by atomic mass is 10.1. The summed E-state index contributed by atoms with van der Waals surface area (Å²) in [6.07, 6.45) is 0.908. The number of carbonyl (C=O) groups excluding carboxylic acids is 1. The Morgan fingerprint density at radius 1 is 1.18 bits per heavy atom. The highest BCUT2D eigenvalue weighted by molar-refractivity contribution is 5.97. The van der Waals surface area contributed by atoms with Crippen molar-refractivity contribution in [2.45, 2.75) is 33.2 Å². The number of aryl methyl sites for hydroxylation is 2. The lowest BCUT2D eigenvalue weighted by Crippen LogP contribution is -2.39. The number of anilines is 1. The number of para-hydroxylation sites is 1. The normalized spacial score (nSPS) is 16.5. The summed E-state index contributed by atoms with van der Waals surface area (Å²) in [5.41, 5.74) is 4.64. The van der Waals surface area contributed by atoms with E-state index in [-0.39, 0.29) is 18.6 Å². The summed E-state index contributed by atoms with van der Waals surface area (Å²) in [6, 6.07) is 14.2. The Morgan fingerprint density at radius 2 is 1.95 bits per heavy atom. The van der Waals surface area contributed by atoms with Crippen molar-refractivity contribution in [2.24, 2.45) is 0 Å². The maximum atomic E-state index is 12.5. The van der Waals surface area contributed by atoms with E-state index in [2.05, 4.69) is 19.9 Å². The smallest absolute Gasteiger partial charge is 0.265 e. The number of hydrogen-bond donors (Lipinski definition) is 0. The number of nitrogens with zero attached hydrogens (tertiary/aromatic N) is 1. The molecule has 0 radical (unpaired) electrons. The quantitative estimate of drug-likeness (QED) is 0.865. The summed E-state index contributed by atoms with van der Waals surface area (Å²) in [4.78, 5) is 14.4. The van der Waals surface area contributed by atoms with Crippen LogP contribution in [0.1, 0.15) is 23.6 Å². The number of carbonyl (C=O) groups is 1. The van der Waals surface area contributed by atoms with E-state index >= 15 is 0 Å². The van der Waals surface area contributed by atoms with Gasteiger partial charge in [-0.15, -0.1) is 0 Å². The summed E-state index contributed by atoms with van der Waals surface area (Å²) in [5, 5.41) is 0. The van der Waals surface area contributed by atoms with Crippen molar-refractivity contribution in [3.63, 3.8) is 0 Å². The van der Waals surface area contributed by atoms with E-state index < -0.39 is 0 Å². The molecule has 1 heterocycles. The van der Waals surface area contributed by atoms with Crippen LogP contribution in [0, 0.1) is 13.8 Å². The summed E-state index contributed by atoms with van der Waals surface area (Å²) >= 11 is 0. The van der Waals surface area contributed by atoms with E-state index in [0.717, 1.165) is 17.9 Å². The molecule has 1 atom stereocenters. The average Bonchev–Trinajstić information content (AvgIpc) is 2.84. The monoisotopic (exact) mass is 295 g/mol. The van der Waals surface area contributed by atoms with Crippen molar-refractivity contribution in [3.05, 3.63) is 59.2 Å². The summed E-state index contributed by atoms with van der Waals surface area (Å²) in [7, 11) is 0. The number of hydrogen-bond acceptors (Lipinski definition) is 2. The Balaban J connectivity index is 1.71. The van der Waals surface area contributed by atoms with Crippen LogP contribution in [-0.2, 0) is 11.2 Å². The molecule has 0 aromatic heterocycles. The predicted octanol–water partition coefficient (Wildman–Crippen LogP) is 3.66. The molecule has 0 aliphatic carbocycles. The molecule has 1 aliphatic rings. The molecule has 1 amide bonds. The van der Waals surface area contributed by atoms with Crippen molar-refractivity contribution in [3.8, 4) is 5.75 Å². The van der Waals surface area contributed by atoms with Crippen LogP contribution >= 0.6 is 0 Å². The average molecular weight is 295 g/mol. The van der Waals surface area contributed by atoms with Gasteiger partial charge >= 0.3 is 0 Å². The maximum Gasteiger partial charge on any atom is 0.265 e. The van der Waals surface area contributed by atoms with Gasteiger partial charge in [-0.1, -0.05) is 24.3 Å². The standard InChI is InChI=1S/C19H21NO2/c1-13-8-9-17(10-14(13)2)22-12-19(21)20-15(3)11-16-6-4-5-7-18(16)20/h4-10,15H,11-12H2,1-3H3. The SMILES string of the molecule is Cc1ccc(OCC(=O)N2c3ccccc3CC2C)cc1C. The first-order valence-corrected chi connectivity index (χ1v) is 7.66. The minimum atomic E-state index is 0.00989. The third-order valence-corrected chi connectivity index (χ3v) is 4.32. The largest absolute Gasteiger partial charge is 0.484 e. The maximum absolute atomic E-state index is 12.5. The van der Waals surface area contributed by atoms with Gasteiger partial charge in [0, 0.05) is 11.7 Å². The number of rotatable bonds is 3. The first-order valence-electron chi connectivity index (χ1n) is 7.66. The number of benzene rings is 2. The summed E-state index contributed by atoms with van der Waals surface area (Å²) in [5.74, 6) is 0.757. The lowest BCUT2D eigenvalue weighted by Gasteiger charge is -2.22. The highest BCUT2D eigenvalue weighted by atomic mass is 16.5. The van der Waals surface area contributed by atoms with Gasteiger partial charge in [0.2, 0.25) is 0 Å². The van der Waals surface area contributed by atoms with Gasteiger partial charge in [0.1, 0.15) is 5.75 Å². The minimum absolute atomic E-state index is 0.00989. The Bertz CT molecular complexity index is 708. The molecule has 3 heteroatoms. The number of fused-ring (bicyclic) bond motifs is 1. The van der Waals surface area contributed by atoms with Gasteiger partial charge in [0.15, 0.2) is 6.61 Å². The summed E-state index contributed by atoms with van der Waals surface area (Å²) < 4.78 is 5.69. The molecule has 0 fully saturated rings. The van der Waals surface area contributed by atoms with Gasteiger partial charge in [-0.2, -0.15) is 0 Å². The van der Waals surface area contributed by atoms with E-state index in [9.17, 15) is 4.79 Å². The van der Waals surface area contributed by atoms with Gasteiger partial charge in [-0.05, 0) is 62.1 Å². The molecule has 0 N–H and O–H groups in total. The van der Waals surface area contributed by atoms with E-state index in [0.29, 0.717) is 0 Å². The molecule has 1 aliphatic heterocycles. The molecule has 1 unspecified atom stereocenters. The first-order chi connectivity index (χ1) is 10.6. The van der Waals surface area contributed by atoms with Crippen LogP contribution in [0.2, 0.25) is 0 Å². The Kier molecular flexibility index (Phi) is 3.88. The Labute approximate surface area is 131 Å². The molecule has 22 heavy (non-hydrogen) atoms. The third-order valence-electron chi connectivity index (χ3n) is 4.32. The Hall–Kier alpha value is -2.29. The molecular formula is C19H21NO2. The molecule has 114 valence electrons. The highest BCUT2D eigenvalue weighted by Crippen LogP contribution is 2.31. The molecular weight excluding hydrogens is 274 g/mol. The minimum Gasteiger partial charge on any atom is -0.484 e. The fraction of sp³-hybridized carbons (Fsp3) is 0.316. The highest BCUT2D eigenvalue weighted by Gasteiger charge is 2.30. The predicted molar refractivity (Wildman–Crippen MR) is 88.5 cm³/mol. The van der Waals surface area contributed by atoms with Gasteiger partial charge in [0.25, 0.3) is 5.91 Å². The van der Waals surface area contributed by atoms with Crippen LogP contribution in [0.4, 0.5) is 5.69 Å². The van der Waals surface area contributed by atoms with Crippen molar-refractivity contribution in [2.75, 3.05) is 11.5 Å². The van der Waals surface area contributed by atoms with Crippen LogP contribution in [-0.4, -0.2) is 18.6 Å². The zero-order valence-electron chi connectivity index (χ0n) is 13.3. The second-order valence-electron chi connectivity index (χ2n) is 5.98. The molecule has 0 spiro atoms. The van der Waals surface area contributed by atoms with Gasteiger partial charge in [-0.3, -0.25) is 4.79 Å². The molecule has 3 nitrogen and oxygen atoms in total. The van der Waals surface area contributed by atoms with E-state index in [1.54, 1.807) is 0 Å². The van der Waals surface area contributed by atoms with E-state index in [1.807, 2.05) is 48.2 Å². The number of ether oxygens (including phenoxy) is 1. The van der Waals surface area contributed by atoms with Gasteiger partial charge in [0.05, 0.1) is 0 Å². The number of amides is 1.